The quantitative estimate of drug-likeness (QED) is 0.858. The predicted octanol–water partition coefficient (Wildman–Crippen LogP) is 2.09. The molecule has 0 aromatic carbocycles. The van der Waals surface area contributed by atoms with Crippen molar-refractivity contribution in [3.8, 4) is 0 Å². The lowest BCUT2D eigenvalue weighted by Gasteiger charge is -2.29. The second-order valence-electron chi connectivity index (χ2n) is 5.30. The number of aromatic nitrogens is 1. The summed E-state index contributed by atoms with van der Waals surface area (Å²) in [4.78, 5) is 23.7. The number of amides is 2. The minimum Gasteiger partial charge on any atom is -0.335 e. The SMILES string of the molecule is C[C@@H]1CCCC[C@@H]1NC(=O)Nc1cccn(C)c1=O. The molecule has 0 spiro atoms. The van der Waals surface area contributed by atoms with E-state index in [1.165, 1.54) is 11.0 Å². The Kier molecular flexibility index (Phi) is 4.24. The van der Waals surface area contributed by atoms with Gasteiger partial charge in [-0.15, -0.1) is 0 Å². The number of anilines is 1. The number of carbonyl (C=O) groups excluding carboxylic acids is 1. The second kappa shape index (κ2) is 5.91. The van der Waals surface area contributed by atoms with Crippen LogP contribution in [-0.4, -0.2) is 16.6 Å². The summed E-state index contributed by atoms with van der Waals surface area (Å²) in [5.41, 5.74) is 0.111. The summed E-state index contributed by atoms with van der Waals surface area (Å²) in [6.45, 7) is 2.16. The molecule has 0 saturated heterocycles. The topological polar surface area (TPSA) is 63.1 Å². The molecular formula is C14H21N3O2. The zero-order chi connectivity index (χ0) is 13.8. The zero-order valence-electron chi connectivity index (χ0n) is 11.5. The second-order valence-corrected chi connectivity index (χ2v) is 5.30. The lowest BCUT2D eigenvalue weighted by molar-refractivity contribution is 0.232. The van der Waals surface area contributed by atoms with E-state index >= 15 is 0 Å². The highest BCUT2D eigenvalue weighted by Gasteiger charge is 2.22. The summed E-state index contributed by atoms with van der Waals surface area (Å²) < 4.78 is 1.44. The van der Waals surface area contributed by atoms with Gasteiger partial charge in [0.1, 0.15) is 5.69 Å². The molecule has 0 radical (unpaired) electrons. The smallest absolute Gasteiger partial charge is 0.319 e. The summed E-state index contributed by atoms with van der Waals surface area (Å²) in [7, 11) is 1.66. The summed E-state index contributed by atoms with van der Waals surface area (Å²) in [5, 5.41) is 5.60. The third kappa shape index (κ3) is 3.36. The molecule has 0 aliphatic heterocycles. The number of hydrogen-bond donors (Lipinski definition) is 2. The Labute approximate surface area is 113 Å². The van der Waals surface area contributed by atoms with Gasteiger partial charge in [-0.1, -0.05) is 19.8 Å². The molecule has 0 bridgehead atoms. The molecule has 1 aliphatic rings. The van der Waals surface area contributed by atoms with Crippen LogP contribution in [0.25, 0.3) is 0 Å². The van der Waals surface area contributed by atoms with Gasteiger partial charge in [-0.05, 0) is 30.9 Å². The monoisotopic (exact) mass is 263 g/mol. The molecular weight excluding hydrogens is 242 g/mol. The molecule has 1 heterocycles. The van der Waals surface area contributed by atoms with Gasteiger partial charge in [0, 0.05) is 19.3 Å². The number of nitrogens with one attached hydrogen (secondary N) is 2. The van der Waals surface area contributed by atoms with Gasteiger partial charge in [-0.2, -0.15) is 0 Å². The van der Waals surface area contributed by atoms with E-state index in [-0.39, 0.29) is 17.6 Å². The Morgan fingerprint density at radius 2 is 2.11 bits per heavy atom. The van der Waals surface area contributed by atoms with E-state index in [0.29, 0.717) is 11.6 Å². The maximum absolute atomic E-state index is 11.9. The Bertz CT molecular complexity index is 510. The highest BCUT2D eigenvalue weighted by Crippen LogP contribution is 2.23. The molecule has 2 atom stereocenters. The molecule has 19 heavy (non-hydrogen) atoms. The minimum atomic E-state index is -0.290. The Morgan fingerprint density at radius 3 is 2.84 bits per heavy atom. The van der Waals surface area contributed by atoms with Crippen LogP contribution in [0.15, 0.2) is 23.1 Å². The van der Waals surface area contributed by atoms with E-state index in [1.54, 1.807) is 25.4 Å². The van der Waals surface area contributed by atoms with E-state index in [1.807, 2.05) is 0 Å². The number of rotatable bonds is 2. The number of carbonyl (C=O) groups is 1. The van der Waals surface area contributed by atoms with Crippen LogP contribution in [0.1, 0.15) is 32.6 Å². The van der Waals surface area contributed by atoms with Crippen LogP contribution < -0.4 is 16.2 Å². The summed E-state index contributed by atoms with van der Waals surface area (Å²) >= 11 is 0. The molecule has 2 N–H and O–H groups in total. The van der Waals surface area contributed by atoms with Gasteiger partial charge in [-0.3, -0.25) is 4.79 Å². The van der Waals surface area contributed by atoms with Crippen molar-refractivity contribution >= 4 is 11.7 Å². The maximum Gasteiger partial charge on any atom is 0.319 e. The Hall–Kier alpha value is -1.78. The number of urea groups is 1. The predicted molar refractivity (Wildman–Crippen MR) is 75.3 cm³/mol. The fourth-order valence-corrected chi connectivity index (χ4v) is 2.55. The molecule has 104 valence electrons. The van der Waals surface area contributed by atoms with Gasteiger partial charge in [0.2, 0.25) is 0 Å². The van der Waals surface area contributed by atoms with E-state index in [4.69, 9.17) is 0 Å². The average Bonchev–Trinajstić information content (AvgIpc) is 2.38. The number of aryl methyl sites for hydroxylation is 1. The third-order valence-corrected chi connectivity index (χ3v) is 3.80. The van der Waals surface area contributed by atoms with Crippen molar-refractivity contribution in [3.63, 3.8) is 0 Å². The first-order valence-corrected chi connectivity index (χ1v) is 6.81. The number of nitrogens with zero attached hydrogens (tertiary/aromatic N) is 1. The van der Waals surface area contributed by atoms with Crippen molar-refractivity contribution in [3.05, 3.63) is 28.7 Å². The van der Waals surface area contributed by atoms with Crippen LogP contribution >= 0.6 is 0 Å². The summed E-state index contributed by atoms with van der Waals surface area (Å²) in [5.74, 6) is 0.498. The van der Waals surface area contributed by atoms with Crippen LogP contribution in [0.3, 0.4) is 0 Å². The molecule has 2 rings (SSSR count). The molecule has 2 amide bonds. The molecule has 5 nitrogen and oxygen atoms in total. The maximum atomic E-state index is 11.9. The van der Waals surface area contributed by atoms with Gasteiger partial charge in [0.25, 0.3) is 5.56 Å². The molecule has 1 saturated carbocycles. The van der Waals surface area contributed by atoms with Crippen molar-refractivity contribution in [2.24, 2.45) is 13.0 Å². The van der Waals surface area contributed by atoms with Crippen molar-refractivity contribution < 1.29 is 4.79 Å². The highest BCUT2D eigenvalue weighted by atomic mass is 16.2. The van der Waals surface area contributed by atoms with Crippen molar-refractivity contribution in [2.75, 3.05) is 5.32 Å². The lowest BCUT2D eigenvalue weighted by atomic mass is 9.86. The normalized spacial score (nSPS) is 22.8. The van der Waals surface area contributed by atoms with E-state index < -0.39 is 0 Å². The minimum absolute atomic E-state index is 0.200. The van der Waals surface area contributed by atoms with Crippen LogP contribution in [0, 0.1) is 5.92 Å². The number of pyridine rings is 1. The highest BCUT2D eigenvalue weighted by molar-refractivity contribution is 5.89. The van der Waals surface area contributed by atoms with Crippen LogP contribution in [0.2, 0.25) is 0 Å². The van der Waals surface area contributed by atoms with Gasteiger partial charge < -0.3 is 15.2 Å². The standard InChI is InChI=1S/C14H21N3O2/c1-10-6-3-4-7-11(10)15-14(19)16-12-8-5-9-17(2)13(12)18/h5,8-11H,3-4,6-7H2,1-2H3,(H2,15,16,19)/t10-,11+/m1/s1. The molecule has 1 aromatic heterocycles. The fraction of sp³-hybridized carbons (Fsp3) is 0.571. The Balaban J connectivity index is 1.97. The fourth-order valence-electron chi connectivity index (χ4n) is 2.55. The van der Waals surface area contributed by atoms with Crippen LogP contribution in [-0.2, 0) is 7.05 Å². The largest absolute Gasteiger partial charge is 0.335 e. The molecule has 5 heteroatoms. The van der Waals surface area contributed by atoms with Crippen LogP contribution in [0.4, 0.5) is 10.5 Å². The first kappa shape index (κ1) is 13.6. The summed E-state index contributed by atoms with van der Waals surface area (Å²) in [6.07, 6.45) is 6.22. The van der Waals surface area contributed by atoms with Crippen molar-refractivity contribution in [1.29, 1.82) is 0 Å². The van der Waals surface area contributed by atoms with Gasteiger partial charge >= 0.3 is 6.03 Å². The molecule has 1 fully saturated rings. The van der Waals surface area contributed by atoms with E-state index in [0.717, 1.165) is 19.3 Å². The van der Waals surface area contributed by atoms with Crippen molar-refractivity contribution in [2.45, 2.75) is 38.6 Å². The van der Waals surface area contributed by atoms with Crippen molar-refractivity contribution in [1.82, 2.24) is 9.88 Å². The first-order valence-electron chi connectivity index (χ1n) is 6.81. The number of hydrogen-bond acceptors (Lipinski definition) is 2. The molecule has 1 aliphatic carbocycles. The molecule has 0 unspecified atom stereocenters. The average molecular weight is 263 g/mol. The zero-order valence-corrected chi connectivity index (χ0v) is 11.5. The lowest BCUT2D eigenvalue weighted by Crippen LogP contribution is -2.43. The first-order chi connectivity index (χ1) is 9.08. The van der Waals surface area contributed by atoms with Gasteiger partial charge in [0.15, 0.2) is 0 Å². The molecule has 1 aromatic rings. The van der Waals surface area contributed by atoms with Gasteiger partial charge in [0.05, 0.1) is 0 Å². The van der Waals surface area contributed by atoms with Crippen LogP contribution in [0.5, 0.6) is 0 Å². The Morgan fingerprint density at radius 1 is 1.37 bits per heavy atom. The van der Waals surface area contributed by atoms with Gasteiger partial charge in [-0.25, -0.2) is 4.79 Å². The van der Waals surface area contributed by atoms with E-state index in [2.05, 4.69) is 17.6 Å². The van der Waals surface area contributed by atoms with E-state index in [9.17, 15) is 9.59 Å². The summed E-state index contributed by atoms with van der Waals surface area (Å²) in [6, 6.07) is 3.27. The third-order valence-electron chi connectivity index (χ3n) is 3.80.